The highest BCUT2D eigenvalue weighted by molar-refractivity contribution is 5.99. The van der Waals surface area contributed by atoms with Crippen LogP contribution < -0.4 is 0 Å². The first kappa shape index (κ1) is 19.4. The number of imidazole rings is 1. The van der Waals surface area contributed by atoms with Crippen LogP contribution in [0, 0.1) is 29.6 Å². The van der Waals surface area contributed by atoms with Crippen molar-refractivity contribution in [3.05, 3.63) is 101 Å². The number of aromatic amines is 1. The largest absolute Gasteiger partial charge is 0.340 e. The molecule has 5 aromatic rings. The third-order valence-corrected chi connectivity index (χ3v) is 5.80. The van der Waals surface area contributed by atoms with E-state index in [4.69, 9.17) is 0 Å². The molecule has 3 aromatic carbocycles. The van der Waals surface area contributed by atoms with Crippen molar-refractivity contribution in [3.8, 4) is 12.1 Å². The number of nitriles is 2. The van der Waals surface area contributed by atoms with Crippen LogP contribution >= 0.6 is 0 Å². The summed E-state index contributed by atoms with van der Waals surface area (Å²) in [5, 5.41) is 20.5. The number of benzene rings is 3. The van der Waals surface area contributed by atoms with E-state index in [0.29, 0.717) is 23.5 Å². The Labute approximate surface area is 185 Å². The smallest absolute Gasteiger partial charge is 0.149 e. The van der Waals surface area contributed by atoms with Gasteiger partial charge in [-0.1, -0.05) is 48.5 Å². The lowest BCUT2D eigenvalue weighted by Crippen LogP contribution is -2.03. The van der Waals surface area contributed by atoms with Crippen LogP contribution in [0.1, 0.15) is 28.2 Å². The number of fused-ring (bicyclic) bond motifs is 2. The normalized spacial score (nSPS) is 11.5. The van der Waals surface area contributed by atoms with E-state index in [1.165, 1.54) is 0 Å². The Morgan fingerprint density at radius 1 is 1.00 bits per heavy atom. The minimum Gasteiger partial charge on any atom is -0.340 e. The summed E-state index contributed by atoms with van der Waals surface area (Å²) in [4.78, 5) is 7.85. The molecule has 0 bridgehead atoms. The quantitative estimate of drug-likeness (QED) is 0.378. The fraction of sp³-hybridized carbons (Fsp3) is 0.0741. The molecule has 152 valence electrons. The van der Waals surface area contributed by atoms with Gasteiger partial charge in [-0.3, -0.25) is 0 Å². The van der Waals surface area contributed by atoms with Crippen molar-refractivity contribution < 1.29 is 0 Å². The number of para-hydroxylation sites is 3. The summed E-state index contributed by atoms with van der Waals surface area (Å²) >= 11 is 0. The van der Waals surface area contributed by atoms with E-state index in [2.05, 4.69) is 45.7 Å². The zero-order chi connectivity index (χ0) is 22.1. The molecule has 5 nitrogen and oxygen atoms in total. The van der Waals surface area contributed by atoms with Crippen LogP contribution in [0.15, 0.2) is 72.8 Å². The number of nitrogens with zero attached hydrogens (tertiary/aromatic N) is 4. The Kier molecular flexibility index (Phi) is 4.78. The Hall–Kier alpha value is -4.61. The van der Waals surface area contributed by atoms with Crippen molar-refractivity contribution in [2.24, 2.45) is 0 Å². The zero-order valence-corrected chi connectivity index (χ0v) is 17.5. The Morgan fingerprint density at radius 3 is 2.56 bits per heavy atom. The topological polar surface area (TPSA) is 81.2 Å². The molecule has 5 rings (SSSR count). The number of hydrogen-bond acceptors (Lipinski definition) is 3. The molecule has 2 aromatic heterocycles. The second kappa shape index (κ2) is 7.91. The predicted molar refractivity (Wildman–Crippen MR) is 127 cm³/mol. The van der Waals surface area contributed by atoms with Crippen LogP contribution in [0.3, 0.4) is 0 Å². The predicted octanol–water partition coefficient (Wildman–Crippen LogP) is 5.81. The molecule has 32 heavy (non-hydrogen) atoms. The Morgan fingerprint density at radius 2 is 1.75 bits per heavy atom. The van der Waals surface area contributed by atoms with E-state index < -0.39 is 0 Å². The van der Waals surface area contributed by atoms with E-state index in [-0.39, 0.29) is 0 Å². The summed E-state index contributed by atoms with van der Waals surface area (Å²) in [6.45, 7) is 2.63. The van der Waals surface area contributed by atoms with Crippen molar-refractivity contribution >= 4 is 33.6 Å². The molecule has 0 amide bonds. The number of allylic oxidation sites excluding steroid dienone is 1. The second-order valence-corrected chi connectivity index (χ2v) is 7.64. The summed E-state index contributed by atoms with van der Waals surface area (Å²) < 4.78 is 2.20. The molecular formula is C27H19N5. The third-order valence-electron chi connectivity index (χ3n) is 5.80. The van der Waals surface area contributed by atoms with Gasteiger partial charge in [-0.2, -0.15) is 10.5 Å². The summed E-state index contributed by atoms with van der Waals surface area (Å²) in [5.74, 6) is 0.555. The molecule has 0 saturated carbocycles. The van der Waals surface area contributed by atoms with Crippen LogP contribution in [0.4, 0.5) is 0 Å². The molecule has 0 aliphatic heterocycles. The molecule has 0 atom stereocenters. The van der Waals surface area contributed by atoms with Crippen molar-refractivity contribution in [1.29, 1.82) is 10.5 Å². The Balaban J connectivity index is 1.67. The Bertz CT molecular complexity index is 1550. The lowest BCUT2D eigenvalue weighted by molar-refractivity contribution is 0.802. The van der Waals surface area contributed by atoms with Gasteiger partial charge in [0.1, 0.15) is 11.9 Å². The van der Waals surface area contributed by atoms with Crippen LogP contribution in [0.25, 0.3) is 33.6 Å². The summed E-state index contributed by atoms with van der Waals surface area (Å²) in [6.07, 6.45) is 1.90. The van der Waals surface area contributed by atoms with E-state index >= 15 is 0 Å². The highest BCUT2D eigenvalue weighted by atomic mass is 15.0. The van der Waals surface area contributed by atoms with Gasteiger partial charge in [0.2, 0.25) is 0 Å². The summed E-state index contributed by atoms with van der Waals surface area (Å²) in [6, 6.07) is 28.1. The van der Waals surface area contributed by atoms with Gasteiger partial charge in [0, 0.05) is 28.7 Å². The molecular weight excluding hydrogens is 394 g/mol. The summed E-state index contributed by atoms with van der Waals surface area (Å²) in [5.41, 5.74) is 6.91. The molecule has 0 saturated heterocycles. The van der Waals surface area contributed by atoms with Crippen LogP contribution in [-0.2, 0) is 6.54 Å². The number of hydrogen-bond donors (Lipinski definition) is 1. The van der Waals surface area contributed by atoms with Gasteiger partial charge in [0.15, 0.2) is 0 Å². The lowest BCUT2D eigenvalue weighted by Gasteiger charge is -2.10. The van der Waals surface area contributed by atoms with Crippen molar-refractivity contribution in [2.45, 2.75) is 13.5 Å². The van der Waals surface area contributed by atoms with Crippen molar-refractivity contribution in [3.63, 3.8) is 0 Å². The average Bonchev–Trinajstić information content (AvgIpc) is 3.37. The van der Waals surface area contributed by atoms with Crippen molar-refractivity contribution in [2.75, 3.05) is 0 Å². The van der Waals surface area contributed by atoms with Crippen LogP contribution in [0.5, 0.6) is 0 Å². The van der Waals surface area contributed by atoms with Crippen LogP contribution in [0.2, 0.25) is 0 Å². The van der Waals surface area contributed by atoms with Gasteiger partial charge >= 0.3 is 0 Å². The maximum atomic E-state index is 9.92. The maximum Gasteiger partial charge on any atom is 0.149 e. The summed E-state index contributed by atoms with van der Waals surface area (Å²) in [7, 11) is 0. The first-order chi connectivity index (χ1) is 15.7. The maximum absolute atomic E-state index is 9.92. The first-order valence-corrected chi connectivity index (χ1v) is 10.3. The molecule has 0 spiro atoms. The molecule has 0 fully saturated rings. The van der Waals surface area contributed by atoms with E-state index in [1.807, 2.05) is 66.7 Å². The number of H-pyrrole nitrogens is 1. The fourth-order valence-corrected chi connectivity index (χ4v) is 4.16. The molecule has 0 unspecified atom stereocenters. The fourth-order valence-electron chi connectivity index (χ4n) is 4.16. The minimum atomic E-state index is 0.477. The standard InChI is InChI=1S/C27H19N5/c1-18-23(14-21(16-29)27-30-24-11-5-6-12-25(24)31-27)22-10-4-7-13-26(22)32(18)17-20-9-3-2-8-19(20)15-28/h2-14H,17H2,1H3,(H,30,31). The molecule has 5 heteroatoms. The van der Waals surface area contributed by atoms with Gasteiger partial charge in [0.25, 0.3) is 0 Å². The molecule has 1 N–H and O–H groups in total. The third kappa shape index (κ3) is 3.23. The monoisotopic (exact) mass is 413 g/mol. The van der Waals surface area contributed by atoms with E-state index in [9.17, 15) is 10.5 Å². The molecule has 0 radical (unpaired) electrons. The zero-order valence-electron chi connectivity index (χ0n) is 17.5. The van der Waals surface area contributed by atoms with Gasteiger partial charge in [0.05, 0.1) is 28.2 Å². The van der Waals surface area contributed by atoms with Gasteiger partial charge in [-0.15, -0.1) is 0 Å². The number of rotatable bonds is 4. The lowest BCUT2D eigenvalue weighted by atomic mass is 10.1. The van der Waals surface area contributed by atoms with Crippen LogP contribution in [-0.4, -0.2) is 14.5 Å². The molecule has 2 heterocycles. The van der Waals surface area contributed by atoms with Gasteiger partial charge < -0.3 is 9.55 Å². The van der Waals surface area contributed by atoms with E-state index in [1.54, 1.807) is 0 Å². The number of nitrogens with one attached hydrogen (secondary N) is 1. The SMILES string of the molecule is Cc1c(C=C(C#N)c2nc3ccccc3[nH]2)c2ccccc2n1Cc1ccccc1C#N. The van der Waals surface area contributed by atoms with E-state index in [0.717, 1.165) is 38.8 Å². The molecule has 0 aliphatic carbocycles. The average molecular weight is 413 g/mol. The molecule has 0 aliphatic rings. The second-order valence-electron chi connectivity index (χ2n) is 7.64. The highest BCUT2D eigenvalue weighted by Gasteiger charge is 2.16. The van der Waals surface area contributed by atoms with Crippen molar-refractivity contribution in [1.82, 2.24) is 14.5 Å². The highest BCUT2D eigenvalue weighted by Crippen LogP contribution is 2.30. The minimum absolute atomic E-state index is 0.477. The van der Waals surface area contributed by atoms with Gasteiger partial charge in [-0.05, 0) is 42.8 Å². The first-order valence-electron chi connectivity index (χ1n) is 10.3. The number of aromatic nitrogens is 3. The van der Waals surface area contributed by atoms with Gasteiger partial charge in [-0.25, -0.2) is 4.98 Å².